The lowest BCUT2D eigenvalue weighted by Crippen LogP contribution is -2.47. The summed E-state index contributed by atoms with van der Waals surface area (Å²) in [6.45, 7) is 3.28. The SMILES string of the molecule is COC(=O)C1CCC(CN2CC(c3ccc(-n4c(-c5cccnc5N)nc5ccc(-n6cccn6)cc54)cc3)C2)CC1. The fourth-order valence-electron chi connectivity index (χ4n) is 6.61. The number of pyridine rings is 1. The number of carbonyl (C=O) groups excluding carboxylic acids is 1. The van der Waals surface area contributed by atoms with Crippen LogP contribution in [-0.4, -0.2) is 61.9 Å². The molecule has 0 spiro atoms. The van der Waals surface area contributed by atoms with E-state index in [1.165, 1.54) is 12.7 Å². The Morgan fingerprint density at radius 3 is 2.48 bits per heavy atom. The highest BCUT2D eigenvalue weighted by Gasteiger charge is 2.33. The van der Waals surface area contributed by atoms with Crippen molar-refractivity contribution in [2.24, 2.45) is 11.8 Å². The normalized spacial score (nSPS) is 19.5. The minimum absolute atomic E-state index is 0.0426. The van der Waals surface area contributed by atoms with Crippen molar-refractivity contribution in [3.8, 4) is 22.8 Å². The molecule has 0 atom stereocenters. The zero-order chi connectivity index (χ0) is 28.6. The topological polar surface area (TPSA) is 104 Å². The third-order valence-electron chi connectivity index (χ3n) is 8.96. The number of hydrogen-bond donors (Lipinski definition) is 1. The first-order chi connectivity index (χ1) is 20.6. The fourth-order valence-corrected chi connectivity index (χ4v) is 6.61. The Labute approximate surface area is 244 Å². The third-order valence-corrected chi connectivity index (χ3v) is 8.96. The van der Waals surface area contributed by atoms with Gasteiger partial charge in [0.15, 0.2) is 0 Å². The number of carbonyl (C=O) groups is 1. The van der Waals surface area contributed by atoms with Gasteiger partial charge in [0.1, 0.15) is 11.6 Å². The molecule has 42 heavy (non-hydrogen) atoms. The largest absolute Gasteiger partial charge is 0.469 e. The zero-order valence-corrected chi connectivity index (χ0v) is 23.8. The van der Waals surface area contributed by atoms with Crippen molar-refractivity contribution >= 4 is 22.8 Å². The van der Waals surface area contributed by atoms with Crippen LogP contribution < -0.4 is 5.73 Å². The van der Waals surface area contributed by atoms with Crippen LogP contribution in [0.5, 0.6) is 0 Å². The van der Waals surface area contributed by atoms with E-state index < -0.39 is 0 Å². The number of anilines is 1. The molecule has 1 aliphatic heterocycles. The van der Waals surface area contributed by atoms with Gasteiger partial charge in [-0.25, -0.2) is 14.6 Å². The van der Waals surface area contributed by atoms with Crippen LogP contribution in [0.25, 0.3) is 33.8 Å². The Bertz CT molecular complexity index is 1700. The summed E-state index contributed by atoms with van der Waals surface area (Å²) >= 11 is 0. The first-order valence-electron chi connectivity index (χ1n) is 14.7. The lowest BCUT2D eigenvalue weighted by atomic mass is 9.80. The predicted molar refractivity (Wildman–Crippen MR) is 162 cm³/mol. The van der Waals surface area contributed by atoms with Crippen LogP contribution in [0.2, 0.25) is 0 Å². The maximum atomic E-state index is 11.8. The standard InChI is InChI=1S/C33H35N7O2/c1-42-33(41)24-7-5-22(6-8-24)19-38-20-25(21-38)23-9-11-26(12-10-23)40-30-18-27(39-17-3-16-36-39)13-14-29(30)37-32(40)28-4-2-15-35-31(28)34/h2-4,9-18,22,24-25H,5-8,19-21H2,1H3,(H2,34,35). The fraction of sp³-hybridized carbons (Fsp3) is 0.333. The molecule has 214 valence electrons. The molecule has 0 radical (unpaired) electrons. The van der Waals surface area contributed by atoms with Gasteiger partial charge in [-0.1, -0.05) is 12.1 Å². The quantitative estimate of drug-likeness (QED) is 0.271. The molecule has 9 nitrogen and oxygen atoms in total. The van der Waals surface area contributed by atoms with Crippen molar-refractivity contribution in [3.63, 3.8) is 0 Å². The summed E-state index contributed by atoms with van der Waals surface area (Å²) in [4.78, 5) is 23.7. The number of ether oxygens (including phenoxy) is 1. The maximum absolute atomic E-state index is 11.8. The molecule has 9 heteroatoms. The van der Waals surface area contributed by atoms with Gasteiger partial charge in [-0.3, -0.25) is 9.36 Å². The van der Waals surface area contributed by atoms with Crippen LogP contribution in [0.15, 0.2) is 79.3 Å². The van der Waals surface area contributed by atoms with Gasteiger partial charge < -0.3 is 15.4 Å². The van der Waals surface area contributed by atoms with E-state index in [4.69, 9.17) is 15.5 Å². The first kappa shape index (κ1) is 26.4. The smallest absolute Gasteiger partial charge is 0.308 e. The van der Waals surface area contributed by atoms with Crippen molar-refractivity contribution in [2.75, 3.05) is 32.5 Å². The number of fused-ring (bicyclic) bond motifs is 1. The second-order valence-electron chi connectivity index (χ2n) is 11.6. The van der Waals surface area contributed by atoms with E-state index in [0.717, 1.165) is 79.1 Å². The van der Waals surface area contributed by atoms with Gasteiger partial charge in [0.2, 0.25) is 0 Å². The molecule has 2 aromatic carbocycles. The summed E-state index contributed by atoms with van der Waals surface area (Å²) < 4.78 is 8.96. The number of nitrogen functional groups attached to an aromatic ring is 1. The summed E-state index contributed by atoms with van der Waals surface area (Å²) in [5, 5.41) is 4.41. The Kier molecular flexibility index (Phi) is 6.95. The van der Waals surface area contributed by atoms with Crippen LogP contribution in [0.1, 0.15) is 37.2 Å². The number of imidazole rings is 1. The lowest BCUT2D eigenvalue weighted by Gasteiger charge is -2.42. The summed E-state index contributed by atoms with van der Waals surface area (Å²) in [6.07, 6.45) is 9.54. The Morgan fingerprint density at radius 1 is 0.976 bits per heavy atom. The van der Waals surface area contributed by atoms with Crippen molar-refractivity contribution in [3.05, 3.63) is 84.8 Å². The van der Waals surface area contributed by atoms with Crippen molar-refractivity contribution in [1.82, 2.24) is 29.2 Å². The highest BCUT2D eigenvalue weighted by Crippen LogP contribution is 2.35. The van der Waals surface area contributed by atoms with Crippen LogP contribution >= 0.6 is 0 Å². The zero-order valence-electron chi connectivity index (χ0n) is 23.8. The van der Waals surface area contributed by atoms with E-state index in [-0.39, 0.29) is 11.9 Å². The van der Waals surface area contributed by atoms with Gasteiger partial charge in [-0.2, -0.15) is 5.10 Å². The summed E-state index contributed by atoms with van der Waals surface area (Å²) in [7, 11) is 1.49. The summed E-state index contributed by atoms with van der Waals surface area (Å²) in [5.41, 5.74) is 12.3. The number of aromatic nitrogens is 5. The molecule has 0 unspecified atom stereocenters. The monoisotopic (exact) mass is 561 g/mol. The highest BCUT2D eigenvalue weighted by molar-refractivity contribution is 5.86. The number of esters is 1. The number of methoxy groups -OCH3 is 1. The molecule has 2 N–H and O–H groups in total. The van der Waals surface area contributed by atoms with Crippen LogP contribution in [0, 0.1) is 11.8 Å². The summed E-state index contributed by atoms with van der Waals surface area (Å²) in [5.74, 6) is 2.47. The van der Waals surface area contributed by atoms with Crippen molar-refractivity contribution in [2.45, 2.75) is 31.6 Å². The van der Waals surface area contributed by atoms with Gasteiger partial charge >= 0.3 is 5.97 Å². The van der Waals surface area contributed by atoms with Gasteiger partial charge in [0.05, 0.1) is 35.3 Å². The second-order valence-corrected chi connectivity index (χ2v) is 11.6. The van der Waals surface area contributed by atoms with E-state index in [1.807, 2.05) is 41.2 Å². The number of hydrogen-bond acceptors (Lipinski definition) is 7. The average molecular weight is 562 g/mol. The molecule has 1 aliphatic carbocycles. The van der Waals surface area contributed by atoms with E-state index in [0.29, 0.717) is 17.7 Å². The molecule has 4 heterocycles. The van der Waals surface area contributed by atoms with Gasteiger partial charge in [0, 0.05) is 49.8 Å². The third kappa shape index (κ3) is 4.94. The van der Waals surface area contributed by atoms with Crippen LogP contribution in [0.4, 0.5) is 5.82 Å². The second kappa shape index (κ2) is 11.1. The number of benzene rings is 2. The van der Waals surface area contributed by atoms with Gasteiger partial charge in [-0.15, -0.1) is 0 Å². The molecule has 0 amide bonds. The van der Waals surface area contributed by atoms with E-state index >= 15 is 0 Å². The molecule has 1 saturated carbocycles. The number of rotatable bonds is 7. The number of likely N-dealkylation sites (tertiary alicyclic amines) is 1. The van der Waals surface area contributed by atoms with Crippen LogP contribution in [-0.2, 0) is 9.53 Å². The van der Waals surface area contributed by atoms with Crippen LogP contribution in [0.3, 0.4) is 0 Å². The molecule has 3 aromatic heterocycles. The minimum Gasteiger partial charge on any atom is -0.469 e. The van der Waals surface area contributed by atoms with Gasteiger partial charge in [-0.05, 0) is 85.7 Å². The Morgan fingerprint density at radius 2 is 1.76 bits per heavy atom. The van der Waals surface area contributed by atoms with Gasteiger partial charge in [0.25, 0.3) is 0 Å². The van der Waals surface area contributed by atoms with Crippen molar-refractivity contribution in [1.29, 1.82) is 0 Å². The molecule has 2 aliphatic rings. The molecule has 1 saturated heterocycles. The van der Waals surface area contributed by atoms with E-state index in [1.54, 1.807) is 12.4 Å². The molecule has 7 rings (SSSR count). The van der Waals surface area contributed by atoms with E-state index in [9.17, 15) is 4.79 Å². The number of nitrogens with zero attached hydrogens (tertiary/aromatic N) is 6. The molecular formula is C33H35N7O2. The predicted octanol–water partition coefficient (Wildman–Crippen LogP) is 5.23. The molecule has 0 bridgehead atoms. The highest BCUT2D eigenvalue weighted by atomic mass is 16.5. The molecular weight excluding hydrogens is 526 g/mol. The lowest BCUT2D eigenvalue weighted by molar-refractivity contribution is -0.146. The van der Waals surface area contributed by atoms with Crippen molar-refractivity contribution < 1.29 is 9.53 Å². The maximum Gasteiger partial charge on any atom is 0.308 e. The molecule has 2 fully saturated rings. The summed E-state index contributed by atoms with van der Waals surface area (Å²) in [6, 6.07) is 20.8. The van der Waals surface area contributed by atoms with E-state index in [2.05, 4.69) is 49.9 Å². The first-order valence-corrected chi connectivity index (χ1v) is 14.7. The molecule has 5 aromatic rings. The minimum atomic E-state index is -0.0426. The number of nitrogens with two attached hydrogens (primary N) is 1. The Balaban J connectivity index is 1.11. The Hall–Kier alpha value is -4.50. The average Bonchev–Trinajstić information content (AvgIpc) is 3.67.